The van der Waals surface area contributed by atoms with Gasteiger partial charge in [-0.15, -0.1) is 0 Å². The molecule has 2 atom stereocenters. The van der Waals surface area contributed by atoms with Crippen LogP contribution < -0.4 is 5.73 Å². The zero-order valence-corrected chi connectivity index (χ0v) is 11.2. The van der Waals surface area contributed by atoms with Gasteiger partial charge in [0.1, 0.15) is 5.41 Å². The number of amides is 1. The summed E-state index contributed by atoms with van der Waals surface area (Å²) in [5.74, 6) is -2.54. The van der Waals surface area contributed by atoms with E-state index in [1.165, 1.54) is 31.2 Å². The van der Waals surface area contributed by atoms with Crippen molar-refractivity contribution in [1.29, 1.82) is 0 Å². The largest absolute Gasteiger partial charge is 0.465 e. The first-order chi connectivity index (χ1) is 9.74. The molecule has 0 aromatic heterocycles. The Hall–Kier alpha value is -2.05. The highest BCUT2D eigenvalue weighted by molar-refractivity contribution is 6.08. The molecule has 0 spiro atoms. The van der Waals surface area contributed by atoms with Crippen LogP contribution in [0, 0.1) is 5.41 Å². The molecule has 1 amide bonds. The summed E-state index contributed by atoms with van der Waals surface area (Å²) >= 11 is 0. The third kappa shape index (κ3) is 1.91. The van der Waals surface area contributed by atoms with Gasteiger partial charge in [-0.3, -0.25) is 9.59 Å². The summed E-state index contributed by atoms with van der Waals surface area (Å²) in [7, 11) is 0. The van der Waals surface area contributed by atoms with E-state index >= 15 is 0 Å². The SMILES string of the molecule is CCOC(=O)[C@]1(C(N)=O)C[C@]1(c1ccccc1)C(F)(F)F. The number of alkyl halides is 3. The third-order valence-corrected chi connectivity index (χ3v) is 3.93. The van der Waals surface area contributed by atoms with E-state index in [0.29, 0.717) is 0 Å². The molecular formula is C14H14F3NO3. The molecule has 1 aliphatic carbocycles. The summed E-state index contributed by atoms with van der Waals surface area (Å²) in [6.07, 6.45) is -5.52. The maximum Gasteiger partial charge on any atom is 0.400 e. The highest BCUT2D eigenvalue weighted by atomic mass is 19.4. The molecule has 0 radical (unpaired) electrons. The summed E-state index contributed by atoms with van der Waals surface area (Å²) in [6, 6.07) is 6.84. The first kappa shape index (κ1) is 15.3. The number of nitrogens with two attached hydrogens (primary N) is 1. The fourth-order valence-electron chi connectivity index (χ4n) is 2.83. The molecule has 0 aliphatic heterocycles. The van der Waals surface area contributed by atoms with Crippen LogP contribution in [0.4, 0.5) is 13.2 Å². The first-order valence-corrected chi connectivity index (χ1v) is 6.33. The Balaban J connectivity index is 2.61. The molecule has 2 N–H and O–H groups in total. The molecule has 0 heterocycles. The molecule has 1 saturated carbocycles. The van der Waals surface area contributed by atoms with Crippen molar-refractivity contribution in [2.24, 2.45) is 11.1 Å². The molecule has 1 aliphatic rings. The Morgan fingerprint density at radius 2 is 1.86 bits per heavy atom. The minimum absolute atomic E-state index is 0.128. The molecule has 114 valence electrons. The van der Waals surface area contributed by atoms with E-state index in [1.54, 1.807) is 6.07 Å². The van der Waals surface area contributed by atoms with E-state index in [0.717, 1.165) is 0 Å². The van der Waals surface area contributed by atoms with Crippen LogP contribution in [-0.4, -0.2) is 24.7 Å². The van der Waals surface area contributed by atoms with Crippen molar-refractivity contribution in [3.05, 3.63) is 35.9 Å². The van der Waals surface area contributed by atoms with Gasteiger partial charge < -0.3 is 10.5 Å². The molecule has 0 saturated heterocycles. The number of hydrogen-bond donors (Lipinski definition) is 1. The van der Waals surface area contributed by atoms with Crippen molar-refractivity contribution < 1.29 is 27.5 Å². The molecule has 0 unspecified atom stereocenters. The smallest absolute Gasteiger partial charge is 0.400 e. The average Bonchev–Trinajstić information content (AvgIpc) is 3.13. The van der Waals surface area contributed by atoms with Crippen LogP contribution in [0.3, 0.4) is 0 Å². The molecule has 21 heavy (non-hydrogen) atoms. The van der Waals surface area contributed by atoms with Crippen LogP contribution in [0.15, 0.2) is 30.3 Å². The van der Waals surface area contributed by atoms with Crippen molar-refractivity contribution in [3.8, 4) is 0 Å². The Morgan fingerprint density at radius 1 is 1.29 bits per heavy atom. The summed E-state index contributed by atoms with van der Waals surface area (Å²) in [5.41, 5.74) is -0.0269. The van der Waals surface area contributed by atoms with Crippen molar-refractivity contribution in [2.75, 3.05) is 6.61 Å². The van der Waals surface area contributed by atoms with Crippen molar-refractivity contribution in [1.82, 2.24) is 0 Å². The predicted molar refractivity (Wildman–Crippen MR) is 67.1 cm³/mol. The number of esters is 1. The van der Waals surface area contributed by atoms with Crippen LogP contribution in [-0.2, 0) is 19.7 Å². The summed E-state index contributed by atoms with van der Waals surface area (Å²) < 4.78 is 45.5. The second-order valence-electron chi connectivity index (χ2n) is 4.94. The lowest BCUT2D eigenvalue weighted by Gasteiger charge is -2.25. The van der Waals surface area contributed by atoms with E-state index in [2.05, 4.69) is 4.74 Å². The van der Waals surface area contributed by atoms with Gasteiger partial charge in [0, 0.05) is 0 Å². The number of primary amides is 1. The van der Waals surface area contributed by atoms with Gasteiger partial charge in [0.25, 0.3) is 0 Å². The van der Waals surface area contributed by atoms with E-state index in [4.69, 9.17) is 5.73 Å². The molecule has 2 rings (SSSR count). The number of benzene rings is 1. The molecule has 1 aromatic carbocycles. The van der Waals surface area contributed by atoms with Gasteiger partial charge in [0.05, 0.1) is 6.61 Å². The zero-order chi connectivity index (χ0) is 15.9. The van der Waals surface area contributed by atoms with Gasteiger partial charge in [-0.25, -0.2) is 0 Å². The zero-order valence-electron chi connectivity index (χ0n) is 11.2. The lowest BCUT2D eigenvalue weighted by Crippen LogP contribution is -2.46. The van der Waals surface area contributed by atoms with Gasteiger partial charge >= 0.3 is 12.1 Å². The second-order valence-corrected chi connectivity index (χ2v) is 4.94. The van der Waals surface area contributed by atoms with Crippen LogP contribution in [0.25, 0.3) is 0 Å². The Morgan fingerprint density at radius 3 is 2.29 bits per heavy atom. The van der Waals surface area contributed by atoms with Crippen LogP contribution in [0.1, 0.15) is 18.9 Å². The molecule has 4 nitrogen and oxygen atoms in total. The lowest BCUT2D eigenvalue weighted by molar-refractivity contribution is -0.183. The van der Waals surface area contributed by atoms with E-state index < -0.39 is 35.3 Å². The number of rotatable bonds is 4. The van der Waals surface area contributed by atoms with Crippen molar-refractivity contribution in [3.63, 3.8) is 0 Å². The standard InChI is InChI=1S/C14H14F3NO3/c1-2-21-11(20)12(10(18)19)8-13(12,14(15,16)17)9-6-4-3-5-7-9/h3-7H,2,8H2,1H3,(H2,18,19)/t12-,13-/m1/s1. The van der Waals surface area contributed by atoms with E-state index in [9.17, 15) is 22.8 Å². The molecular weight excluding hydrogens is 287 g/mol. The van der Waals surface area contributed by atoms with Crippen molar-refractivity contribution in [2.45, 2.75) is 24.9 Å². The molecule has 0 bridgehead atoms. The number of carbonyl (C=O) groups is 2. The Bertz CT molecular complexity index is 573. The van der Waals surface area contributed by atoms with Gasteiger partial charge in [0.15, 0.2) is 5.41 Å². The predicted octanol–water partition coefficient (Wildman–Crippen LogP) is 1.93. The normalized spacial score (nSPS) is 28.0. The van der Waals surface area contributed by atoms with Gasteiger partial charge in [-0.1, -0.05) is 30.3 Å². The minimum atomic E-state index is -4.80. The van der Waals surface area contributed by atoms with Crippen LogP contribution in [0.5, 0.6) is 0 Å². The number of ether oxygens (including phenoxy) is 1. The van der Waals surface area contributed by atoms with Gasteiger partial charge in [-0.2, -0.15) is 13.2 Å². The lowest BCUT2D eigenvalue weighted by atomic mass is 9.84. The number of carbonyl (C=O) groups excluding carboxylic acids is 2. The van der Waals surface area contributed by atoms with E-state index in [-0.39, 0.29) is 12.2 Å². The summed E-state index contributed by atoms with van der Waals surface area (Å²) in [6.45, 7) is 1.32. The highest BCUT2D eigenvalue weighted by Gasteiger charge is 2.87. The fourth-order valence-corrected chi connectivity index (χ4v) is 2.83. The molecule has 7 heteroatoms. The molecule has 1 aromatic rings. The minimum Gasteiger partial charge on any atom is -0.465 e. The second kappa shape index (κ2) is 4.75. The maximum absolute atomic E-state index is 13.6. The fraction of sp³-hybridized carbons (Fsp3) is 0.429. The number of hydrogen-bond acceptors (Lipinski definition) is 3. The quantitative estimate of drug-likeness (QED) is 0.682. The Labute approximate surface area is 119 Å². The third-order valence-electron chi connectivity index (χ3n) is 3.93. The average molecular weight is 301 g/mol. The Kier molecular flexibility index (Phi) is 3.47. The van der Waals surface area contributed by atoms with Crippen LogP contribution >= 0.6 is 0 Å². The van der Waals surface area contributed by atoms with Gasteiger partial charge in [0.2, 0.25) is 5.91 Å². The van der Waals surface area contributed by atoms with Crippen LogP contribution in [0.2, 0.25) is 0 Å². The number of halogens is 3. The monoisotopic (exact) mass is 301 g/mol. The summed E-state index contributed by atoms with van der Waals surface area (Å²) in [4.78, 5) is 23.6. The van der Waals surface area contributed by atoms with E-state index in [1.807, 2.05) is 0 Å². The summed E-state index contributed by atoms with van der Waals surface area (Å²) in [5, 5.41) is 0. The highest BCUT2D eigenvalue weighted by Crippen LogP contribution is 2.72. The molecule has 1 fully saturated rings. The maximum atomic E-state index is 13.6. The van der Waals surface area contributed by atoms with Crippen molar-refractivity contribution >= 4 is 11.9 Å². The first-order valence-electron chi connectivity index (χ1n) is 6.33. The van der Waals surface area contributed by atoms with Gasteiger partial charge in [-0.05, 0) is 18.9 Å². The topological polar surface area (TPSA) is 69.4 Å².